The van der Waals surface area contributed by atoms with Crippen molar-refractivity contribution in [2.24, 2.45) is 0 Å². The molecular weight excluding hydrogens is 336 g/mol. The SMILES string of the molecule is C=C(CCc1ccc(C)c(-c2cccc(/C(=C/CC)CCC)c2)c1)/C(C)=C/C. The van der Waals surface area contributed by atoms with Crippen molar-refractivity contribution in [3.8, 4) is 11.1 Å². The molecule has 0 unspecified atom stereocenters. The number of aryl methyl sites for hydroxylation is 2. The zero-order valence-electron chi connectivity index (χ0n) is 18.4. The Kier molecular flexibility index (Phi) is 8.51. The highest BCUT2D eigenvalue weighted by Gasteiger charge is 2.08. The van der Waals surface area contributed by atoms with E-state index < -0.39 is 0 Å². The van der Waals surface area contributed by atoms with Crippen LogP contribution in [0.15, 0.2) is 72.3 Å². The highest BCUT2D eigenvalue weighted by Crippen LogP contribution is 2.30. The molecule has 2 rings (SSSR count). The van der Waals surface area contributed by atoms with Crippen molar-refractivity contribution in [1.82, 2.24) is 0 Å². The summed E-state index contributed by atoms with van der Waals surface area (Å²) in [6.07, 6.45) is 9.98. The lowest BCUT2D eigenvalue weighted by Crippen LogP contribution is -1.93. The van der Waals surface area contributed by atoms with E-state index in [0.717, 1.165) is 25.7 Å². The Hall–Kier alpha value is -2.34. The zero-order valence-corrected chi connectivity index (χ0v) is 18.4. The van der Waals surface area contributed by atoms with E-state index in [1.165, 1.54) is 51.0 Å². The van der Waals surface area contributed by atoms with E-state index in [1.807, 2.05) is 0 Å². The zero-order chi connectivity index (χ0) is 20.5. The van der Waals surface area contributed by atoms with Crippen LogP contribution in [0.3, 0.4) is 0 Å². The molecule has 0 bridgehead atoms. The quantitative estimate of drug-likeness (QED) is 0.386. The normalized spacial score (nSPS) is 12.3. The van der Waals surface area contributed by atoms with Crippen molar-refractivity contribution in [2.45, 2.75) is 66.7 Å². The number of allylic oxidation sites excluding steroid dienone is 5. The van der Waals surface area contributed by atoms with E-state index in [0.29, 0.717) is 0 Å². The van der Waals surface area contributed by atoms with Crippen molar-refractivity contribution < 1.29 is 0 Å². The maximum absolute atomic E-state index is 4.23. The van der Waals surface area contributed by atoms with Crippen molar-refractivity contribution in [1.29, 1.82) is 0 Å². The summed E-state index contributed by atoms with van der Waals surface area (Å²) in [5.74, 6) is 0. The van der Waals surface area contributed by atoms with Crippen LogP contribution in [0.2, 0.25) is 0 Å². The number of benzene rings is 2. The number of hydrogen-bond acceptors (Lipinski definition) is 0. The average molecular weight is 373 g/mol. The molecule has 0 spiro atoms. The van der Waals surface area contributed by atoms with Crippen LogP contribution in [0, 0.1) is 6.92 Å². The summed E-state index contributed by atoms with van der Waals surface area (Å²) in [6, 6.07) is 16.0. The standard InChI is InChI=1S/C28H36/c1-7-11-25(12-8-2)26-13-10-14-27(20-26)28-19-24(18-16-23(28)6)17-15-22(5)21(4)9-3/h9-11,13-14,16,18-20H,5,7-8,12,15,17H2,1-4,6H3/b21-9+,25-11+. The van der Waals surface area contributed by atoms with Gasteiger partial charge in [0.05, 0.1) is 0 Å². The predicted octanol–water partition coefficient (Wildman–Crippen LogP) is 8.71. The third-order valence-corrected chi connectivity index (χ3v) is 5.52. The second-order valence-corrected chi connectivity index (χ2v) is 7.69. The van der Waals surface area contributed by atoms with Crippen LogP contribution in [-0.2, 0) is 6.42 Å². The fraction of sp³-hybridized carbons (Fsp3) is 0.357. The van der Waals surface area contributed by atoms with Gasteiger partial charge in [-0.3, -0.25) is 0 Å². The Morgan fingerprint density at radius 2 is 1.82 bits per heavy atom. The molecule has 0 aliphatic heterocycles. The van der Waals surface area contributed by atoms with Crippen LogP contribution in [0.5, 0.6) is 0 Å². The lowest BCUT2D eigenvalue weighted by atomic mass is 9.92. The van der Waals surface area contributed by atoms with Crippen molar-refractivity contribution in [3.63, 3.8) is 0 Å². The first-order valence-electron chi connectivity index (χ1n) is 10.7. The van der Waals surface area contributed by atoms with Gasteiger partial charge in [0.1, 0.15) is 0 Å². The predicted molar refractivity (Wildman–Crippen MR) is 127 cm³/mol. The fourth-order valence-corrected chi connectivity index (χ4v) is 3.60. The van der Waals surface area contributed by atoms with Crippen LogP contribution in [-0.4, -0.2) is 0 Å². The van der Waals surface area contributed by atoms with Crippen molar-refractivity contribution in [3.05, 3.63) is 89.0 Å². The number of hydrogen-bond donors (Lipinski definition) is 0. The molecule has 0 aliphatic rings. The fourth-order valence-electron chi connectivity index (χ4n) is 3.60. The highest BCUT2D eigenvalue weighted by atomic mass is 14.1. The lowest BCUT2D eigenvalue weighted by molar-refractivity contribution is 0.950. The van der Waals surface area contributed by atoms with E-state index in [2.05, 4.69) is 95.8 Å². The van der Waals surface area contributed by atoms with Crippen molar-refractivity contribution >= 4 is 5.57 Å². The summed E-state index contributed by atoms with van der Waals surface area (Å²) < 4.78 is 0. The van der Waals surface area contributed by atoms with Gasteiger partial charge in [-0.1, -0.05) is 86.5 Å². The maximum atomic E-state index is 4.23. The Labute approximate surface area is 172 Å². The molecule has 0 radical (unpaired) electrons. The van der Waals surface area contributed by atoms with Gasteiger partial charge in [-0.05, 0) is 85.9 Å². The molecule has 0 aliphatic carbocycles. The molecule has 0 heteroatoms. The lowest BCUT2D eigenvalue weighted by Gasteiger charge is -2.13. The first-order chi connectivity index (χ1) is 13.5. The van der Waals surface area contributed by atoms with Gasteiger partial charge in [0, 0.05) is 0 Å². The molecule has 0 amide bonds. The van der Waals surface area contributed by atoms with E-state index >= 15 is 0 Å². The smallest absolute Gasteiger partial charge is 0.0152 e. The second-order valence-electron chi connectivity index (χ2n) is 7.69. The molecule has 0 nitrogen and oxygen atoms in total. The minimum absolute atomic E-state index is 1.01. The van der Waals surface area contributed by atoms with Crippen LogP contribution in [0.25, 0.3) is 16.7 Å². The van der Waals surface area contributed by atoms with Gasteiger partial charge < -0.3 is 0 Å². The van der Waals surface area contributed by atoms with Crippen LogP contribution < -0.4 is 0 Å². The molecular formula is C28H36. The Bertz CT molecular complexity index is 861. The molecule has 0 atom stereocenters. The Morgan fingerprint density at radius 1 is 1.04 bits per heavy atom. The molecule has 0 fully saturated rings. The molecule has 28 heavy (non-hydrogen) atoms. The van der Waals surface area contributed by atoms with Gasteiger partial charge in [-0.25, -0.2) is 0 Å². The molecule has 0 saturated heterocycles. The van der Waals surface area contributed by atoms with Gasteiger partial charge >= 0.3 is 0 Å². The van der Waals surface area contributed by atoms with Crippen LogP contribution >= 0.6 is 0 Å². The molecule has 148 valence electrons. The molecule has 2 aromatic rings. The largest absolute Gasteiger partial charge is 0.0956 e. The van der Waals surface area contributed by atoms with Gasteiger partial charge in [-0.15, -0.1) is 0 Å². The minimum atomic E-state index is 1.01. The first-order valence-corrected chi connectivity index (χ1v) is 10.7. The van der Waals surface area contributed by atoms with E-state index in [4.69, 9.17) is 0 Å². The Morgan fingerprint density at radius 3 is 2.50 bits per heavy atom. The highest BCUT2D eigenvalue weighted by molar-refractivity contribution is 5.74. The summed E-state index contributed by atoms with van der Waals surface area (Å²) in [7, 11) is 0. The number of rotatable bonds is 9. The first kappa shape index (κ1) is 22.0. The summed E-state index contributed by atoms with van der Waals surface area (Å²) in [4.78, 5) is 0. The van der Waals surface area contributed by atoms with E-state index in [-0.39, 0.29) is 0 Å². The summed E-state index contributed by atoms with van der Waals surface area (Å²) >= 11 is 0. The van der Waals surface area contributed by atoms with Gasteiger partial charge in [0.2, 0.25) is 0 Å². The summed E-state index contributed by atoms with van der Waals surface area (Å²) in [6.45, 7) is 15.1. The van der Waals surface area contributed by atoms with Crippen LogP contribution in [0.4, 0.5) is 0 Å². The van der Waals surface area contributed by atoms with E-state index in [9.17, 15) is 0 Å². The summed E-state index contributed by atoms with van der Waals surface area (Å²) in [5.41, 5.74) is 10.8. The average Bonchev–Trinajstić information content (AvgIpc) is 2.72. The molecule has 0 saturated carbocycles. The molecule has 0 N–H and O–H groups in total. The third kappa shape index (κ3) is 5.83. The molecule has 2 aromatic carbocycles. The minimum Gasteiger partial charge on any atom is -0.0956 e. The van der Waals surface area contributed by atoms with Gasteiger partial charge in [-0.2, -0.15) is 0 Å². The molecule has 0 aromatic heterocycles. The summed E-state index contributed by atoms with van der Waals surface area (Å²) in [5, 5.41) is 0. The molecule has 0 heterocycles. The van der Waals surface area contributed by atoms with Crippen molar-refractivity contribution in [2.75, 3.05) is 0 Å². The topological polar surface area (TPSA) is 0 Å². The van der Waals surface area contributed by atoms with Gasteiger partial charge in [0.15, 0.2) is 0 Å². The maximum Gasteiger partial charge on any atom is -0.0152 e. The Balaban J connectivity index is 2.31. The second kappa shape index (κ2) is 10.9. The third-order valence-electron chi connectivity index (χ3n) is 5.52. The monoisotopic (exact) mass is 372 g/mol. The van der Waals surface area contributed by atoms with Gasteiger partial charge in [0.25, 0.3) is 0 Å². The van der Waals surface area contributed by atoms with E-state index in [1.54, 1.807) is 0 Å². The van der Waals surface area contributed by atoms with Crippen LogP contribution in [0.1, 0.15) is 70.1 Å².